The summed E-state index contributed by atoms with van der Waals surface area (Å²) in [7, 11) is 1.64. The van der Waals surface area contributed by atoms with Crippen molar-refractivity contribution in [1.29, 1.82) is 0 Å². The fraction of sp³-hybridized carbons (Fsp3) is 0.542. The molecular weight excluding hydrogens is 424 g/mol. The normalized spacial score (nSPS) is 12.8. The predicted molar refractivity (Wildman–Crippen MR) is 129 cm³/mol. The van der Waals surface area contributed by atoms with Crippen LogP contribution < -0.4 is 15.7 Å². The summed E-state index contributed by atoms with van der Waals surface area (Å²) in [6.07, 6.45) is 3.63. The molecule has 0 fully saturated rings. The molecule has 0 aliphatic heterocycles. The van der Waals surface area contributed by atoms with Crippen LogP contribution in [0.3, 0.4) is 0 Å². The van der Waals surface area contributed by atoms with Gasteiger partial charge in [-0.2, -0.15) is 4.98 Å². The van der Waals surface area contributed by atoms with E-state index in [2.05, 4.69) is 29.0 Å². The number of rotatable bonds is 12. The first-order valence-electron chi connectivity index (χ1n) is 11.4. The third-order valence-corrected chi connectivity index (χ3v) is 6.99. The van der Waals surface area contributed by atoms with Gasteiger partial charge in [0.15, 0.2) is 0 Å². The van der Waals surface area contributed by atoms with Gasteiger partial charge < -0.3 is 15.0 Å². The molecule has 1 amide bonds. The number of methoxy groups -OCH3 is 1. The highest BCUT2D eigenvalue weighted by Gasteiger charge is 2.22. The fourth-order valence-corrected chi connectivity index (χ4v) is 4.95. The van der Waals surface area contributed by atoms with Crippen LogP contribution in [0.2, 0.25) is 0 Å². The van der Waals surface area contributed by atoms with E-state index in [9.17, 15) is 9.59 Å². The van der Waals surface area contributed by atoms with E-state index in [1.54, 1.807) is 7.11 Å². The summed E-state index contributed by atoms with van der Waals surface area (Å²) in [5.74, 6) is 1.05. The molecule has 0 saturated carbocycles. The summed E-state index contributed by atoms with van der Waals surface area (Å²) in [4.78, 5) is 31.7. The Kier molecular flexibility index (Phi) is 9.17. The van der Waals surface area contributed by atoms with Crippen LogP contribution in [0.4, 0.5) is 0 Å². The number of carbonyl (C=O) groups excluding carboxylic acids is 1. The zero-order valence-electron chi connectivity index (χ0n) is 19.4. The third-order valence-electron chi connectivity index (χ3n) is 5.97. The minimum absolute atomic E-state index is 0.0391. The van der Waals surface area contributed by atoms with E-state index >= 15 is 0 Å². The molecule has 32 heavy (non-hydrogen) atoms. The van der Waals surface area contributed by atoms with Gasteiger partial charge in [-0.05, 0) is 56.5 Å². The highest BCUT2D eigenvalue weighted by Crippen LogP contribution is 2.29. The Bertz CT molecular complexity index is 955. The molecule has 0 saturated heterocycles. The molecule has 0 radical (unpaired) electrons. The summed E-state index contributed by atoms with van der Waals surface area (Å²) in [6.45, 7) is 8.32. The Morgan fingerprint density at radius 2 is 1.97 bits per heavy atom. The molecule has 8 heteroatoms. The van der Waals surface area contributed by atoms with Crippen LogP contribution in [0.5, 0.6) is 5.75 Å². The molecule has 174 valence electrons. The van der Waals surface area contributed by atoms with Crippen LogP contribution in [0.25, 0.3) is 0 Å². The highest BCUT2D eigenvalue weighted by molar-refractivity contribution is 7.99. The van der Waals surface area contributed by atoms with Gasteiger partial charge in [0, 0.05) is 30.9 Å². The van der Waals surface area contributed by atoms with E-state index in [0.717, 1.165) is 72.9 Å². The molecule has 0 atom stereocenters. The first-order valence-corrected chi connectivity index (χ1v) is 12.4. The number of nitrogens with one attached hydrogen (secondary N) is 1. The predicted octanol–water partition coefficient (Wildman–Crippen LogP) is 2.53. The average Bonchev–Trinajstić information content (AvgIpc) is 3.30. The Hall–Kier alpha value is -2.32. The van der Waals surface area contributed by atoms with E-state index in [-0.39, 0.29) is 17.3 Å². The Balaban J connectivity index is 1.54. The quantitative estimate of drug-likeness (QED) is 0.389. The van der Waals surface area contributed by atoms with Crippen molar-refractivity contribution < 1.29 is 9.53 Å². The van der Waals surface area contributed by atoms with Gasteiger partial charge in [0.05, 0.1) is 12.9 Å². The van der Waals surface area contributed by atoms with Crippen LogP contribution in [0, 0.1) is 0 Å². The number of nitrogens with zero attached hydrogens (tertiary/aromatic N) is 3. The third kappa shape index (κ3) is 6.36. The van der Waals surface area contributed by atoms with Crippen molar-refractivity contribution in [3.05, 3.63) is 51.6 Å². The van der Waals surface area contributed by atoms with Gasteiger partial charge in [0.2, 0.25) is 5.91 Å². The van der Waals surface area contributed by atoms with Crippen LogP contribution in [-0.2, 0) is 30.6 Å². The monoisotopic (exact) mass is 458 g/mol. The average molecular weight is 459 g/mol. The van der Waals surface area contributed by atoms with Crippen molar-refractivity contribution in [2.75, 3.05) is 39.0 Å². The lowest BCUT2D eigenvalue weighted by Crippen LogP contribution is -2.34. The van der Waals surface area contributed by atoms with Crippen molar-refractivity contribution in [2.24, 2.45) is 0 Å². The number of ether oxygens (including phenoxy) is 1. The number of likely N-dealkylation sites (N-methyl/N-ethyl adjacent to an activating group) is 1. The summed E-state index contributed by atoms with van der Waals surface area (Å²) >= 11 is 1.38. The van der Waals surface area contributed by atoms with Gasteiger partial charge in [-0.25, -0.2) is 4.79 Å². The smallest absolute Gasteiger partial charge is 0.348 e. The zero-order chi connectivity index (χ0) is 22.9. The molecule has 1 aromatic heterocycles. The number of hydrogen-bond donors (Lipinski definition) is 1. The molecule has 3 rings (SSSR count). The second-order valence-corrected chi connectivity index (χ2v) is 8.86. The lowest BCUT2D eigenvalue weighted by Gasteiger charge is -2.20. The molecule has 0 unspecified atom stereocenters. The number of benzene rings is 1. The number of aromatic nitrogens is 2. The molecule has 0 bridgehead atoms. The number of amides is 1. The van der Waals surface area contributed by atoms with E-state index in [1.807, 2.05) is 28.8 Å². The summed E-state index contributed by atoms with van der Waals surface area (Å²) < 4.78 is 7.01. The van der Waals surface area contributed by atoms with Gasteiger partial charge in [0.1, 0.15) is 10.8 Å². The second-order valence-electron chi connectivity index (χ2n) is 7.89. The van der Waals surface area contributed by atoms with Gasteiger partial charge >= 0.3 is 5.69 Å². The lowest BCUT2D eigenvalue weighted by molar-refractivity contribution is -0.118. The van der Waals surface area contributed by atoms with Crippen LogP contribution >= 0.6 is 11.8 Å². The molecule has 7 nitrogen and oxygen atoms in total. The topological polar surface area (TPSA) is 76.5 Å². The van der Waals surface area contributed by atoms with Crippen molar-refractivity contribution in [3.8, 4) is 5.75 Å². The summed E-state index contributed by atoms with van der Waals surface area (Å²) in [5, 5.41) is 3.69. The highest BCUT2D eigenvalue weighted by atomic mass is 32.2. The van der Waals surface area contributed by atoms with Crippen LogP contribution in [0.1, 0.15) is 37.1 Å². The molecule has 2 aromatic rings. The minimum Gasteiger partial charge on any atom is -0.497 e. The number of hydrogen-bond acceptors (Lipinski definition) is 6. The molecule has 0 spiro atoms. The van der Waals surface area contributed by atoms with Gasteiger partial charge in [-0.15, -0.1) is 0 Å². The Morgan fingerprint density at radius 1 is 1.22 bits per heavy atom. The van der Waals surface area contributed by atoms with E-state index in [4.69, 9.17) is 4.74 Å². The Morgan fingerprint density at radius 3 is 2.66 bits per heavy atom. The van der Waals surface area contributed by atoms with Crippen molar-refractivity contribution >= 4 is 17.7 Å². The SMILES string of the molecule is CCN(CC)CCn1c2c(c(SCC(=O)NCCc3ccc(OC)cc3)nc1=O)CCC2. The first-order chi connectivity index (χ1) is 15.5. The standard InChI is InChI=1S/C24H34N4O3S/c1-4-27(5-2)15-16-28-21-8-6-7-20(21)23(26-24(28)30)32-17-22(29)25-14-13-18-9-11-19(31-3)12-10-18/h9-12H,4-8,13-17H2,1-3H3,(H,25,29). The maximum absolute atomic E-state index is 12.7. The summed E-state index contributed by atoms with van der Waals surface area (Å²) in [5.41, 5.74) is 3.21. The molecule has 1 aliphatic rings. The lowest BCUT2D eigenvalue weighted by atomic mass is 10.1. The Labute approximate surface area is 194 Å². The van der Waals surface area contributed by atoms with Crippen LogP contribution in [-0.4, -0.2) is 59.4 Å². The summed E-state index contributed by atoms with van der Waals surface area (Å²) in [6, 6.07) is 7.84. The molecule has 1 N–H and O–H groups in total. The maximum Gasteiger partial charge on any atom is 0.348 e. The fourth-order valence-electron chi connectivity index (χ4n) is 4.04. The van der Waals surface area contributed by atoms with Crippen LogP contribution in [0.15, 0.2) is 34.1 Å². The molecular formula is C24H34N4O3S. The zero-order valence-corrected chi connectivity index (χ0v) is 20.2. The van der Waals surface area contributed by atoms with E-state index in [1.165, 1.54) is 11.8 Å². The van der Waals surface area contributed by atoms with Gasteiger partial charge in [0.25, 0.3) is 0 Å². The van der Waals surface area contributed by atoms with Gasteiger partial charge in [-0.3, -0.25) is 9.36 Å². The van der Waals surface area contributed by atoms with Gasteiger partial charge in [-0.1, -0.05) is 37.7 Å². The maximum atomic E-state index is 12.7. The largest absolute Gasteiger partial charge is 0.497 e. The minimum atomic E-state index is -0.194. The van der Waals surface area contributed by atoms with E-state index in [0.29, 0.717) is 13.1 Å². The van der Waals surface area contributed by atoms with Crippen molar-refractivity contribution in [3.63, 3.8) is 0 Å². The number of fused-ring (bicyclic) bond motifs is 1. The number of thioether (sulfide) groups is 1. The van der Waals surface area contributed by atoms with E-state index < -0.39 is 0 Å². The second kappa shape index (κ2) is 12.1. The van der Waals surface area contributed by atoms with Crippen molar-refractivity contribution in [2.45, 2.75) is 51.1 Å². The first kappa shape index (κ1) is 24.3. The molecule has 1 aromatic carbocycles. The molecule has 1 heterocycles. The molecule has 1 aliphatic carbocycles. The van der Waals surface area contributed by atoms with Crippen molar-refractivity contribution in [1.82, 2.24) is 19.8 Å². The number of carbonyl (C=O) groups is 1.